The summed E-state index contributed by atoms with van der Waals surface area (Å²) in [6, 6.07) is 8.06. The number of piperidine rings is 1. The number of benzene rings is 1. The van der Waals surface area contributed by atoms with Crippen LogP contribution in [0.5, 0.6) is 11.5 Å². The van der Waals surface area contributed by atoms with E-state index in [1.54, 1.807) is 42.6 Å². The number of pyridine rings is 1. The molecule has 1 unspecified atom stereocenters. The van der Waals surface area contributed by atoms with Crippen LogP contribution in [0.2, 0.25) is 0 Å². The molecule has 1 fully saturated rings. The molecular formula is C24H30N4O5. The van der Waals surface area contributed by atoms with Gasteiger partial charge in [0.05, 0.1) is 19.8 Å². The van der Waals surface area contributed by atoms with Crippen LogP contribution in [0.25, 0.3) is 0 Å². The van der Waals surface area contributed by atoms with Gasteiger partial charge >= 0.3 is 0 Å². The summed E-state index contributed by atoms with van der Waals surface area (Å²) in [4.78, 5) is 43.2. The van der Waals surface area contributed by atoms with Crippen molar-refractivity contribution < 1.29 is 23.9 Å². The van der Waals surface area contributed by atoms with E-state index in [4.69, 9.17) is 9.47 Å². The standard InChI is InChI=1S/C24H30N4O5/c1-16(29)26-20(14-17-6-4-8-21(32-2)22(17)33-3)23(30)27-19-9-12-28(13-10-19)24(31)18-7-5-11-25-15-18/h4-8,11,15,19-20H,9-10,12-14H2,1-3H3,(H,26,29)(H,27,30). The summed E-state index contributed by atoms with van der Waals surface area (Å²) >= 11 is 0. The molecule has 1 aliphatic rings. The molecule has 3 rings (SSSR count). The van der Waals surface area contributed by atoms with Crippen LogP contribution < -0.4 is 20.1 Å². The van der Waals surface area contributed by atoms with Gasteiger partial charge in [0, 0.05) is 50.4 Å². The smallest absolute Gasteiger partial charge is 0.255 e. The fourth-order valence-electron chi connectivity index (χ4n) is 3.99. The van der Waals surface area contributed by atoms with Crippen molar-refractivity contribution in [1.82, 2.24) is 20.5 Å². The first-order chi connectivity index (χ1) is 15.9. The van der Waals surface area contributed by atoms with Gasteiger partial charge in [0.15, 0.2) is 11.5 Å². The SMILES string of the molecule is COc1cccc(CC(NC(C)=O)C(=O)NC2CCN(C(=O)c3cccnc3)CC2)c1OC. The summed E-state index contributed by atoms with van der Waals surface area (Å²) in [5.74, 6) is 0.461. The van der Waals surface area contributed by atoms with Crippen LogP contribution in [0, 0.1) is 0 Å². The summed E-state index contributed by atoms with van der Waals surface area (Å²) in [6.07, 6.45) is 4.70. The highest BCUT2D eigenvalue weighted by Crippen LogP contribution is 2.31. The molecule has 2 heterocycles. The first-order valence-corrected chi connectivity index (χ1v) is 10.9. The molecule has 33 heavy (non-hydrogen) atoms. The van der Waals surface area contributed by atoms with E-state index in [-0.39, 0.29) is 30.2 Å². The lowest BCUT2D eigenvalue weighted by atomic mass is 10.0. The van der Waals surface area contributed by atoms with Gasteiger partial charge in [0.1, 0.15) is 6.04 Å². The van der Waals surface area contributed by atoms with E-state index in [2.05, 4.69) is 15.6 Å². The van der Waals surface area contributed by atoms with Crippen LogP contribution in [0.4, 0.5) is 0 Å². The van der Waals surface area contributed by atoms with E-state index in [9.17, 15) is 14.4 Å². The van der Waals surface area contributed by atoms with E-state index in [1.807, 2.05) is 12.1 Å². The molecule has 1 saturated heterocycles. The Hall–Kier alpha value is -3.62. The number of aromatic nitrogens is 1. The molecule has 1 atom stereocenters. The van der Waals surface area contributed by atoms with Crippen LogP contribution >= 0.6 is 0 Å². The minimum absolute atomic E-state index is 0.0610. The maximum absolute atomic E-state index is 13.1. The average Bonchev–Trinajstić information content (AvgIpc) is 2.83. The average molecular weight is 455 g/mol. The number of carbonyl (C=O) groups is 3. The number of amides is 3. The Morgan fingerprint density at radius 1 is 1.12 bits per heavy atom. The maximum atomic E-state index is 13.1. The van der Waals surface area contributed by atoms with Gasteiger partial charge in [0.25, 0.3) is 5.91 Å². The molecule has 2 N–H and O–H groups in total. The number of ether oxygens (including phenoxy) is 2. The number of para-hydroxylation sites is 1. The predicted octanol–water partition coefficient (Wildman–Crippen LogP) is 1.57. The number of nitrogens with one attached hydrogen (secondary N) is 2. The van der Waals surface area contributed by atoms with Crippen molar-refractivity contribution >= 4 is 17.7 Å². The summed E-state index contributed by atoms with van der Waals surface area (Å²) in [5.41, 5.74) is 1.31. The molecule has 0 aliphatic carbocycles. The van der Waals surface area contributed by atoms with Gasteiger partial charge in [-0.2, -0.15) is 0 Å². The summed E-state index contributed by atoms with van der Waals surface area (Å²) in [7, 11) is 3.08. The van der Waals surface area contributed by atoms with E-state index in [1.165, 1.54) is 14.0 Å². The molecule has 0 saturated carbocycles. The summed E-state index contributed by atoms with van der Waals surface area (Å²) in [6.45, 7) is 2.45. The minimum atomic E-state index is -0.765. The van der Waals surface area contributed by atoms with E-state index in [0.29, 0.717) is 43.0 Å². The Bertz CT molecular complexity index is 974. The second-order valence-electron chi connectivity index (χ2n) is 7.93. The van der Waals surface area contributed by atoms with Crippen molar-refractivity contribution in [2.45, 2.75) is 38.3 Å². The monoisotopic (exact) mass is 454 g/mol. The number of methoxy groups -OCH3 is 2. The number of likely N-dealkylation sites (tertiary alicyclic amines) is 1. The molecule has 1 aromatic carbocycles. The van der Waals surface area contributed by atoms with Crippen molar-refractivity contribution in [2.24, 2.45) is 0 Å². The van der Waals surface area contributed by atoms with Gasteiger partial charge in [-0.25, -0.2) is 0 Å². The van der Waals surface area contributed by atoms with Crippen LogP contribution in [-0.2, 0) is 16.0 Å². The van der Waals surface area contributed by atoms with Crippen molar-refractivity contribution in [3.63, 3.8) is 0 Å². The zero-order valence-electron chi connectivity index (χ0n) is 19.2. The van der Waals surface area contributed by atoms with Crippen LogP contribution in [-0.4, -0.2) is 67.0 Å². The minimum Gasteiger partial charge on any atom is -0.493 e. The highest BCUT2D eigenvalue weighted by molar-refractivity contribution is 5.94. The van der Waals surface area contributed by atoms with Gasteiger partial charge < -0.3 is 25.0 Å². The van der Waals surface area contributed by atoms with Crippen molar-refractivity contribution in [3.8, 4) is 11.5 Å². The Labute approximate surface area is 193 Å². The second-order valence-corrected chi connectivity index (χ2v) is 7.93. The lowest BCUT2D eigenvalue weighted by Crippen LogP contribution is -2.53. The van der Waals surface area contributed by atoms with Crippen molar-refractivity contribution in [2.75, 3.05) is 27.3 Å². The van der Waals surface area contributed by atoms with Crippen molar-refractivity contribution in [1.29, 1.82) is 0 Å². The molecule has 0 spiro atoms. The fraction of sp³-hybridized carbons (Fsp3) is 0.417. The number of hydrogen-bond donors (Lipinski definition) is 2. The molecule has 3 amide bonds. The van der Waals surface area contributed by atoms with Crippen LogP contribution in [0.1, 0.15) is 35.7 Å². The molecule has 9 heteroatoms. The van der Waals surface area contributed by atoms with E-state index < -0.39 is 6.04 Å². The van der Waals surface area contributed by atoms with Crippen LogP contribution in [0.3, 0.4) is 0 Å². The molecule has 1 aliphatic heterocycles. The molecular weight excluding hydrogens is 424 g/mol. The third-order valence-corrected chi connectivity index (χ3v) is 5.64. The second kappa shape index (κ2) is 11.3. The zero-order chi connectivity index (χ0) is 23.8. The predicted molar refractivity (Wildman–Crippen MR) is 122 cm³/mol. The van der Waals surface area contributed by atoms with Gasteiger partial charge in [-0.3, -0.25) is 19.4 Å². The summed E-state index contributed by atoms with van der Waals surface area (Å²) < 4.78 is 10.8. The Morgan fingerprint density at radius 2 is 1.88 bits per heavy atom. The van der Waals surface area contributed by atoms with Gasteiger partial charge in [-0.05, 0) is 31.0 Å². The molecule has 9 nitrogen and oxygen atoms in total. The molecule has 176 valence electrons. The third-order valence-electron chi connectivity index (χ3n) is 5.64. The summed E-state index contributed by atoms with van der Waals surface area (Å²) in [5, 5.41) is 5.77. The molecule has 0 bridgehead atoms. The molecule has 1 aromatic heterocycles. The number of hydrogen-bond acceptors (Lipinski definition) is 6. The Kier molecular flexibility index (Phi) is 8.23. The number of rotatable bonds is 8. The normalized spacial score (nSPS) is 14.8. The van der Waals surface area contributed by atoms with E-state index in [0.717, 1.165) is 5.56 Å². The number of nitrogens with zero attached hydrogens (tertiary/aromatic N) is 2. The lowest BCUT2D eigenvalue weighted by Gasteiger charge is -2.33. The maximum Gasteiger partial charge on any atom is 0.255 e. The molecule has 2 aromatic rings. The van der Waals surface area contributed by atoms with Gasteiger partial charge in [-0.1, -0.05) is 12.1 Å². The van der Waals surface area contributed by atoms with Crippen LogP contribution in [0.15, 0.2) is 42.7 Å². The van der Waals surface area contributed by atoms with E-state index >= 15 is 0 Å². The number of carbonyl (C=O) groups excluding carboxylic acids is 3. The Balaban J connectivity index is 1.62. The first-order valence-electron chi connectivity index (χ1n) is 10.9. The fourth-order valence-corrected chi connectivity index (χ4v) is 3.99. The van der Waals surface area contributed by atoms with Gasteiger partial charge in [-0.15, -0.1) is 0 Å². The Morgan fingerprint density at radius 3 is 2.48 bits per heavy atom. The highest BCUT2D eigenvalue weighted by atomic mass is 16.5. The lowest BCUT2D eigenvalue weighted by molar-refractivity contribution is -0.128. The quantitative estimate of drug-likeness (QED) is 0.627. The third kappa shape index (κ3) is 6.21. The zero-order valence-corrected chi connectivity index (χ0v) is 19.2. The highest BCUT2D eigenvalue weighted by Gasteiger charge is 2.28. The van der Waals surface area contributed by atoms with Crippen molar-refractivity contribution in [3.05, 3.63) is 53.9 Å². The first kappa shape index (κ1) is 24.0. The topological polar surface area (TPSA) is 110 Å². The van der Waals surface area contributed by atoms with Gasteiger partial charge in [0.2, 0.25) is 11.8 Å². The largest absolute Gasteiger partial charge is 0.493 e. The molecule has 0 radical (unpaired) electrons.